The molecule has 0 aliphatic rings. The van der Waals surface area contributed by atoms with Crippen molar-refractivity contribution in [3.8, 4) is 16.9 Å². The van der Waals surface area contributed by atoms with E-state index in [1.165, 1.54) is 24.3 Å². The van der Waals surface area contributed by atoms with Gasteiger partial charge >= 0.3 is 11.7 Å². The largest absolute Gasteiger partial charge is 0.452 e. The highest BCUT2D eigenvalue weighted by Crippen LogP contribution is 2.25. The third kappa shape index (κ3) is 5.54. The minimum absolute atomic E-state index is 0.351. The first-order valence-electron chi connectivity index (χ1n) is 11.2. The molecule has 0 bridgehead atoms. The number of imidazole rings is 1. The third-order valence-corrected chi connectivity index (χ3v) is 5.43. The number of para-hydroxylation sites is 1. The Bertz CT molecular complexity index is 1670. The van der Waals surface area contributed by atoms with Gasteiger partial charge in [-0.3, -0.25) is 4.79 Å². The van der Waals surface area contributed by atoms with Gasteiger partial charge in [0.25, 0.3) is 5.91 Å². The molecule has 9 nitrogen and oxygen atoms in total. The van der Waals surface area contributed by atoms with Crippen molar-refractivity contribution in [2.24, 2.45) is 0 Å². The highest BCUT2D eigenvalue weighted by atomic mass is 19.1. The molecule has 3 N–H and O–H groups in total. The number of anilines is 1. The van der Waals surface area contributed by atoms with Crippen LogP contribution in [0.1, 0.15) is 5.56 Å². The number of ether oxygens (including phenoxy) is 1. The van der Waals surface area contributed by atoms with E-state index in [1.807, 2.05) is 30.3 Å². The van der Waals surface area contributed by atoms with Crippen LogP contribution in [0.15, 0.2) is 89.9 Å². The number of halogens is 1. The van der Waals surface area contributed by atoms with Crippen LogP contribution in [0, 0.1) is 5.82 Å². The summed E-state index contributed by atoms with van der Waals surface area (Å²) in [6.45, 7) is -0.501. The Kier molecular flexibility index (Phi) is 6.45. The summed E-state index contributed by atoms with van der Waals surface area (Å²) in [5.74, 6) is -1.63. The van der Waals surface area contributed by atoms with Gasteiger partial charge in [-0.15, -0.1) is 0 Å². The van der Waals surface area contributed by atoms with Gasteiger partial charge < -0.3 is 20.0 Å². The molecule has 0 fully saturated rings. The number of amides is 1. The molecule has 5 aromatic rings. The lowest BCUT2D eigenvalue weighted by Crippen LogP contribution is -2.20. The lowest BCUT2D eigenvalue weighted by atomic mass is 10.1. The van der Waals surface area contributed by atoms with Crippen LogP contribution >= 0.6 is 0 Å². The molecule has 10 heteroatoms. The number of esters is 1. The maximum absolute atomic E-state index is 13.4. The molecule has 2 heterocycles. The first kappa shape index (κ1) is 23.5. The van der Waals surface area contributed by atoms with Crippen molar-refractivity contribution < 1.29 is 18.7 Å². The van der Waals surface area contributed by atoms with E-state index in [1.54, 1.807) is 41.2 Å². The van der Waals surface area contributed by atoms with Gasteiger partial charge in [0.1, 0.15) is 5.82 Å². The number of nitrogens with zero attached hydrogens (tertiary/aromatic N) is 2. The maximum Gasteiger partial charge on any atom is 0.331 e. The summed E-state index contributed by atoms with van der Waals surface area (Å²) in [7, 11) is 0. The summed E-state index contributed by atoms with van der Waals surface area (Å²) in [6, 6.07) is 20.1. The van der Waals surface area contributed by atoms with Crippen LogP contribution in [0.4, 0.5) is 10.1 Å². The fourth-order valence-electron chi connectivity index (χ4n) is 3.70. The van der Waals surface area contributed by atoms with Crippen LogP contribution in [-0.2, 0) is 14.3 Å². The number of carbonyl (C=O) groups excluding carboxylic acids is 2. The van der Waals surface area contributed by atoms with Gasteiger partial charge in [-0.1, -0.05) is 18.2 Å². The Balaban J connectivity index is 1.27. The predicted octanol–water partition coefficient (Wildman–Crippen LogP) is 4.04. The molecule has 5 rings (SSSR count). The molecule has 0 aliphatic heterocycles. The van der Waals surface area contributed by atoms with Gasteiger partial charge in [-0.05, 0) is 60.7 Å². The molecule has 0 spiro atoms. The van der Waals surface area contributed by atoms with Gasteiger partial charge in [-0.25, -0.2) is 18.7 Å². The second-order valence-corrected chi connectivity index (χ2v) is 8.05. The number of aromatic amines is 2. The van der Waals surface area contributed by atoms with Crippen LogP contribution in [0.2, 0.25) is 0 Å². The molecular weight excluding hydrogens is 477 g/mol. The number of rotatable bonds is 7. The third-order valence-electron chi connectivity index (χ3n) is 5.43. The average molecular weight is 497 g/mol. The molecule has 2 aromatic heterocycles. The van der Waals surface area contributed by atoms with E-state index < -0.39 is 18.5 Å². The van der Waals surface area contributed by atoms with E-state index in [2.05, 4.69) is 20.4 Å². The minimum atomic E-state index is -0.724. The molecule has 0 unspecified atom stereocenters. The summed E-state index contributed by atoms with van der Waals surface area (Å²) < 4.78 is 20.2. The highest BCUT2D eigenvalue weighted by molar-refractivity contribution is 5.96. The second kappa shape index (κ2) is 10.2. The first-order chi connectivity index (χ1) is 17.9. The average Bonchev–Trinajstić information content (AvgIpc) is 3.50. The van der Waals surface area contributed by atoms with Crippen LogP contribution in [0.25, 0.3) is 34.1 Å². The van der Waals surface area contributed by atoms with Crippen molar-refractivity contribution in [1.29, 1.82) is 0 Å². The lowest BCUT2D eigenvalue weighted by Gasteiger charge is -2.05. The van der Waals surface area contributed by atoms with Crippen molar-refractivity contribution in [2.75, 3.05) is 11.9 Å². The van der Waals surface area contributed by atoms with E-state index in [0.717, 1.165) is 5.69 Å². The zero-order valence-electron chi connectivity index (χ0n) is 19.3. The van der Waals surface area contributed by atoms with E-state index in [-0.39, 0.29) is 11.5 Å². The van der Waals surface area contributed by atoms with Crippen molar-refractivity contribution in [3.05, 3.63) is 107 Å². The van der Waals surface area contributed by atoms with Gasteiger partial charge in [0.15, 0.2) is 6.61 Å². The van der Waals surface area contributed by atoms with Crippen LogP contribution in [-0.4, -0.2) is 38.2 Å². The number of benzene rings is 3. The molecular formula is C27H20FN5O4. The van der Waals surface area contributed by atoms with Crippen molar-refractivity contribution in [1.82, 2.24) is 19.7 Å². The monoisotopic (exact) mass is 497 g/mol. The molecule has 3 aromatic carbocycles. The van der Waals surface area contributed by atoms with Crippen molar-refractivity contribution in [2.45, 2.75) is 0 Å². The molecule has 0 radical (unpaired) electrons. The number of hydrogen-bond donors (Lipinski definition) is 3. The van der Waals surface area contributed by atoms with Crippen LogP contribution in [0.3, 0.4) is 0 Å². The smallest absolute Gasteiger partial charge is 0.331 e. The topological polar surface area (TPSA) is 122 Å². The molecule has 0 aliphatic carbocycles. The zero-order valence-corrected chi connectivity index (χ0v) is 19.3. The first-order valence-corrected chi connectivity index (χ1v) is 11.2. The summed E-state index contributed by atoms with van der Waals surface area (Å²) >= 11 is 0. The lowest BCUT2D eigenvalue weighted by molar-refractivity contribution is -0.142. The fourth-order valence-corrected chi connectivity index (χ4v) is 3.70. The number of fused-ring (bicyclic) bond motifs is 1. The van der Waals surface area contributed by atoms with Gasteiger partial charge in [0, 0.05) is 29.1 Å². The molecule has 184 valence electrons. The number of hydrogen-bond acceptors (Lipinski definition) is 5. The number of aromatic nitrogens is 4. The predicted molar refractivity (Wildman–Crippen MR) is 137 cm³/mol. The van der Waals surface area contributed by atoms with Crippen LogP contribution in [0.5, 0.6) is 0 Å². The number of nitrogens with one attached hydrogen (secondary N) is 3. The SMILES string of the molecule is O=C(COC(=O)C=Cc1cn(-c2ccccc2)nc1-c1ccc(F)cc1)Nc1ccc2[nH]c(=O)[nH]c2c1. The Morgan fingerprint density at radius 1 is 1.00 bits per heavy atom. The van der Waals surface area contributed by atoms with E-state index in [0.29, 0.717) is 33.5 Å². The summed E-state index contributed by atoms with van der Waals surface area (Å²) in [5.41, 5.74) is 3.86. The Morgan fingerprint density at radius 2 is 1.76 bits per heavy atom. The van der Waals surface area contributed by atoms with E-state index in [4.69, 9.17) is 4.74 Å². The molecule has 0 saturated heterocycles. The van der Waals surface area contributed by atoms with Crippen LogP contribution < -0.4 is 11.0 Å². The minimum Gasteiger partial charge on any atom is -0.452 e. The van der Waals surface area contributed by atoms with E-state index >= 15 is 0 Å². The van der Waals surface area contributed by atoms with Crippen molar-refractivity contribution in [3.63, 3.8) is 0 Å². The van der Waals surface area contributed by atoms with Gasteiger partial charge in [-0.2, -0.15) is 5.10 Å². The van der Waals surface area contributed by atoms with Gasteiger partial charge in [0.2, 0.25) is 0 Å². The quantitative estimate of drug-likeness (QED) is 0.231. The fraction of sp³-hybridized carbons (Fsp3) is 0.0370. The van der Waals surface area contributed by atoms with Crippen molar-refractivity contribution >= 4 is 34.7 Å². The zero-order chi connectivity index (χ0) is 25.8. The molecule has 0 saturated carbocycles. The summed E-state index contributed by atoms with van der Waals surface area (Å²) in [5, 5.41) is 7.21. The number of H-pyrrole nitrogens is 2. The Morgan fingerprint density at radius 3 is 2.54 bits per heavy atom. The second-order valence-electron chi connectivity index (χ2n) is 8.05. The van der Waals surface area contributed by atoms with Gasteiger partial charge in [0.05, 0.1) is 22.4 Å². The molecule has 37 heavy (non-hydrogen) atoms. The highest BCUT2D eigenvalue weighted by Gasteiger charge is 2.12. The molecule has 0 atom stereocenters. The maximum atomic E-state index is 13.4. The van der Waals surface area contributed by atoms with E-state index in [9.17, 15) is 18.8 Å². The number of carbonyl (C=O) groups is 2. The summed E-state index contributed by atoms with van der Waals surface area (Å²) in [6.07, 6.45) is 4.47. The normalized spacial score (nSPS) is 11.2. The summed E-state index contributed by atoms with van der Waals surface area (Å²) in [4.78, 5) is 41.1. The Labute approximate surface area is 209 Å². The Hall–Kier alpha value is -5.25. The molecule has 1 amide bonds. The standard InChI is InChI=1S/C27H20FN5O4/c28-19-9-6-17(7-10-19)26-18(15-33(32-26)21-4-2-1-3-5-21)8-13-25(35)37-16-24(34)29-20-11-12-22-23(14-20)31-27(36)30-22/h1-15H,16H2,(H,29,34)(H2,30,31,36).